The van der Waals surface area contributed by atoms with Crippen molar-refractivity contribution < 1.29 is 4.74 Å². The fourth-order valence-electron chi connectivity index (χ4n) is 1.97. The van der Waals surface area contributed by atoms with Crippen molar-refractivity contribution in [2.45, 2.75) is 58.7 Å². The molecule has 0 aromatic carbocycles. The molecule has 1 fully saturated rings. The van der Waals surface area contributed by atoms with E-state index in [0.29, 0.717) is 12.2 Å². The lowest BCUT2D eigenvalue weighted by Crippen LogP contribution is -2.30. The van der Waals surface area contributed by atoms with Crippen LogP contribution in [-0.4, -0.2) is 12.2 Å². The van der Waals surface area contributed by atoms with Crippen molar-refractivity contribution in [2.24, 2.45) is 5.92 Å². The second-order valence-electron chi connectivity index (χ2n) is 3.72. The maximum atomic E-state index is 5.77. The Bertz CT molecular complexity index is 110. The molecule has 0 N–H and O–H groups in total. The van der Waals surface area contributed by atoms with Crippen molar-refractivity contribution in [3.8, 4) is 0 Å². The molecule has 1 heterocycles. The van der Waals surface area contributed by atoms with Crippen LogP contribution in [0.2, 0.25) is 0 Å². The minimum atomic E-state index is 0.499. The first kappa shape index (κ1) is 12.7. The van der Waals surface area contributed by atoms with Crippen LogP contribution in [-0.2, 0) is 4.74 Å². The monoisotopic (exact) mass is 184 g/mol. The first-order chi connectivity index (χ1) is 6.26. The second kappa shape index (κ2) is 7.14. The molecule has 1 aliphatic heterocycles. The van der Waals surface area contributed by atoms with Gasteiger partial charge in [0.15, 0.2) is 0 Å². The summed E-state index contributed by atoms with van der Waals surface area (Å²) in [4.78, 5) is 0. The molecule has 3 atom stereocenters. The van der Waals surface area contributed by atoms with Gasteiger partial charge in [0.1, 0.15) is 0 Å². The fourth-order valence-corrected chi connectivity index (χ4v) is 1.97. The van der Waals surface area contributed by atoms with Crippen LogP contribution < -0.4 is 0 Å². The number of ether oxygens (including phenoxy) is 1. The minimum Gasteiger partial charge on any atom is -0.375 e. The average Bonchev–Trinajstić information content (AvgIpc) is 2.20. The van der Waals surface area contributed by atoms with Gasteiger partial charge in [-0.05, 0) is 32.1 Å². The Hall–Kier alpha value is -0.300. The molecular formula is C12H24O. The predicted octanol–water partition coefficient (Wildman–Crippen LogP) is 3.79. The maximum absolute atomic E-state index is 5.77. The first-order valence-electron chi connectivity index (χ1n) is 5.41. The maximum Gasteiger partial charge on any atom is 0.0578 e. The van der Waals surface area contributed by atoms with Crippen molar-refractivity contribution in [2.75, 3.05) is 0 Å². The SMILES string of the molecule is C=C.CCC1CC(C)OC(CC)C1. The molecule has 1 nitrogen and oxygen atoms in total. The summed E-state index contributed by atoms with van der Waals surface area (Å²) >= 11 is 0. The predicted molar refractivity (Wildman–Crippen MR) is 58.9 cm³/mol. The Morgan fingerprint density at radius 1 is 1.15 bits per heavy atom. The van der Waals surface area contributed by atoms with E-state index in [9.17, 15) is 0 Å². The smallest absolute Gasteiger partial charge is 0.0578 e. The number of hydrogen-bond acceptors (Lipinski definition) is 1. The minimum absolute atomic E-state index is 0.499. The van der Waals surface area contributed by atoms with Crippen LogP contribution in [0.25, 0.3) is 0 Å². The van der Waals surface area contributed by atoms with E-state index in [1.165, 1.54) is 25.7 Å². The van der Waals surface area contributed by atoms with E-state index in [-0.39, 0.29) is 0 Å². The zero-order valence-electron chi connectivity index (χ0n) is 9.38. The highest BCUT2D eigenvalue weighted by atomic mass is 16.5. The van der Waals surface area contributed by atoms with Gasteiger partial charge in [0.05, 0.1) is 12.2 Å². The lowest BCUT2D eigenvalue weighted by Gasteiger charge is -2.32. The molecule has 1 heteroatoms. The van der Waals surface area contributed by atoms with Crippen molar-refractivity contribution in [3.63, 3.8) is 0 Å². The second-order valence-corrected chi connectivity index (χ2v) is 3.72. The van der Waals surface area contributed by atoms with Gasteiger partial charge in [-0.25, -0.2) is 0 Å². The largest absolute Gasteiger partial charge is 0.375 e. The summed E-state index contributed by atoms with van der Waals surface area (Å²) in [5.41, 5.74) is 0. The van der Waals surface area contributed by atoms with Crippen LogP contribution >= 0.6 is 0 Å². The third kappa shape index (κ3) is 4.47. The van der Waals surface area contributed by atoms with Gasteiger partial charge in [-0.3, -0.25) is 0 Å². The normalized spacial score (nSPS) is 33.3. The van der Waals surface area contributed by atoms with E-state index >= 15 is 0 Å². The molecule has 1 aliphatic rings. The van der Waals surface area contributed by atoms with Gasteiger partial charge in [0.2, 0.25) is 0 Å². The van der Waals surface area contributed by atoms with E-state index in [1.807, 2.05) is 0 Å². The highest BCUT2D eigenvalue weighted by Gasteiger charge is 2.24. The van der Waals surface area contributed by atoms with Crippen molar-refractivity contribution in [1.29, 1.82) is 0 Å². The van der Waals surface area contributed by atoms with Crippen molar-refractivity contribution in [1.82, 2.24) is 0 Å². The fraction of sp³-hybridized carbons (Fsp3) is 0.833. The highest BCUT2D eigenvalue weighted by Crippen LogP contribution is 2.28. The Labute approximate surface area is 83.2 Å². The van der Waals surface area contributed by atoms with Gasteiger partial charge in [-0.2, -0.15) is 0 Å². The summed E-state index contributed by atoms with van der Waals surface area (Å²) in [7, 11) is 0. The Balaban J connectivity index is 0.000000671. The van der Waals surface area contributed by atoms with Crippen LogP contribution in [0.15, 0.2) is 13.2 Å². The third-order valence-corrected chi connectivity index (χ3v) is 2.72. The van der Waals surface area contributed by atoms with E-state index in [2.05, 4.69) is 33.9 Å². The molecule has 0 amide bonds. The van der Waals surface area contributed by atoms with E-state index in [4.69, 9.17) is 4.74 Å². The first-order valence-corrected chi connectivity index (χ1v) is 5.41. The van der Waals surface area contributed by atoms with E-state index < -0.39 is 0 Å². The molecule has 3 unspecified atom stereocenters. The van der Waals surface area contributed by atoms with Crippen LogP contribution in [0.3, 0.4) is 0 Å². The molecule has 0 saturated carbocycles. The molecule has 0 radical (unpaired) electrons. The molecule has 0 aromatic heterocycles. The number of hydrogen-bond donors (Lipinski definition) is 0. The highest BCUT2D eigenvalue weighted by molar-refractivity contribution is 4.73. The Kier molecular flexibility index (Phi) is 6.97. The van der Waals surface area contributed by atoms with Gasteiger partial charge >= 0.3 is 0 Å². The summed E-state index contributed by atoms with van der Waals surface area (Å²) in [6.07, 6.45) is 6.11. The van der Waals surface area contributed by atoms with Crippen molar-refractivity contribution >= 4 is 0 Å². The van der Waals surface area contributed by atoms with Gasteiger partial charge in [-0.15, -0.1) is 13.2 Å². The summed E-state index contributed by atoms with van der Waals surface area (Å²) in [6, 6.07) is 0. The summed E-state index contributed by atoms with van der Waals surface area (Å²) in [5.74, 6) is 0.920. The quantitative estimate of drug-likeness (QED) is 0.593. The molecule has 0 spiro atoms. The molecular weight excluding hydrogens is 160 g/mol. The molecule has 0 aromatic rings. The standard InChI is InChI=1S/C10H20O.C2H4/c1-4-9-6-8(3)11-10(5-2)7-9;1-2/h8-10H,4-7H2,1-3H3;1-2H2. The van der Waals surface area contributed by atoms with E-state index in [1.54, 1.807) is 0 Å². The van der Waals surface area contributed by atoms with E-state index in [0.717, 1.165) is 5.92 Å². The average molecular weight is 184 g/mol. The Morgan fingerprint density at radius 2 is 1.77 bits per heavy atom. The van der Waals surface area contributed by atoms with Crippen molar-refractivity contribution in [3.05, 3.63) is 13.2 Å². The van der Waals surface area contributed by atoms with Crippen LogP contribution in [0.1, 0.15) is 46.5 Å². The lowest BCUT2D eigenvalue weighted by atomic mass is 9.89. The zero-order chi connectivity index (χ0) is 10.3. The van der Waals surface area contributed by atoms with Crippen LogP contribution in [0.4, 0.5) is 0 Å². The molecule has 13 heavy (non-hydrogen) atoms. The third-order valence-electron chi connectivity index (χ3n) is 2.72. The van der Waals surface area contributed by atoms with Crippen LogP contribution in [0, 0.1) is 5.92 Å². The Morgan fingerprint density at radius 3 is 2.23 bits per heavy atom. The molecule has 1 saturated heterocycles. The zero-order valence-corrected chi connectivity index (χ0v) is 9.38. The summed E-state index contributed by atoms with van der Waals surface area (Å²) in [6.45, 7) is 12.7. The van der Waals surface area contributed by atoms with Gasteiger partial charge in [0, 0.05) is 0 Å². The molecule has 0 aliphatic carbocycles. The number of rotatable bonds is 2. The molecule has 1 rings (SSSR count). The van der Waals surface area contributed by atoms with Gasteiger partial charge < -0.3 is 4.74 Å². The lowest BCUT2D eigenvalue weighted by molar-refractivity contribution is -0.0632. The topological polar surface area (TPSA) is 9.23 Å². The molecule has 0 bridgehead atoms. The van der Waals surface area contributed by atoms with Crippen LogP contribution in [0.5, 0.6) is 0 Å². The summed E-state index contributed by atoms with van der Waals surface area (Å²) in [5, 5.41) is 0. The summed E-state index contributed by atoms with van der Waals surface area (Å²) < 4.78 is 5.77. The van der Waals surface area contributed by atoms with Gasteiger partial charge in [-0.1, -0.05) is 20.3 Å². The molecule has 78 valence electrons. The van der Waals surface area contributed by atoms with Gasteiger partial charge in [0.25, 0.3) is 0 Å².